The van der Waals surface area contributed by atoms with E-state index in [0.717, 1.165) is 16.3 Å². The third-order valence-corrected chi connectivity index (χ3v) is 7.83. The molecular weight excluding hydrogens is 652 g/mol. The summed E-state index contributed by atoms with van der Waals surface area (Å²) in [6.07, 6.45) is 1.42. The van der Waals surface area contributed by atoms with Gasteiger partial charge in [0.15, 0.2) is 29.6 Å². The molecule has 4 aromatic carbocycles. The van der Waals surface area contributed by atoms with Gasteiger partial charge in [-0.15, -0.1) is 0 Å². The van der Waals surface area contributed by atoms with Crippen molar-refractivity contribution in [3.63, 3.8) is 0 Å². The molecule has 1 heterocycles. The molecule has 0 unspecified atom stereocenters. The fourth-order valence-corrected chi connectivity index (χ4v) is 5.56. The number of hydrogen-bond donors (Lipinski definition) is 3. The first kappa shape index (κ1) is 34.6. The summed E-state index contributed by atoms with van der Waals surface area (Å²) in [6, 6.07) is 21.0. The molecule has 1 aliphatic heterocycles. The van der Waals surface area contributed by atoms with Crippen molar-refractivity contribution < 1.29 is 38.1 Å². The maximum absolute atomic E-state index is 12.6. The van der Waals surface area contributed by atoms with E-state index in [2.05, 4.69) is 21.2 Å². The maximum atomic E-state index is 12.6. The highest BCUT2D eigenvalue weighted by Crippen LogP contribution is 2.37. The molecule has 49 heavy (non-hydrogen) atoms. The average molecular weight is 687 g/mol. The van der Waals surface area contributed by atoms with E-state index in [9.17, 15) is 14.4 Å². The van der Waals surface area contributed by atoms with Gasteiger partial charge >= 0.3 is 12.0 Å². The summed E-state index contributed by atoms with van der Waals surface area (Å²) in [7, 11) is 2.95. The molecule has 4 aromatic rings. The van der Waals surface area contributed by atoms with Crippen LogP contribution in [0.2, 0.25) is 5.02 Å². The van der Waals surface area contributed by atoms with Crippen molar-refractivity contribution in [2.75, 3.05) is 27.4 Å². The van der Waals surface area contributed by atoms with E-state index < -0.39 is 23.9 Å². The number of nitrogens with zero attached hydrogens (tertiary/aromatic N) is 1. The van der Waals surface area contributed by atoms with Crippen molar-refractivity contribution in [1.82, 2.24) is 16.1 Å². The number of nitrogens with one attached hydrogen (secondary N) is 3. The highest BCUT2D eigenvalue weighted by molar-refractivity contribution is 6.32. The first-order chi connectivity index (χ1) is 23.7. The maximum Gasteiger partial charge on any atom is 0.338 e. The zero-order valence-electron chi connectivity index (χ0n) is 27.3. The topological polar surface area (TPSA) is 146 Å². The molecule has 13 heteroatoms. The van der Waals surface area contributed by atoms with Crippen molar-refractivity contribution in [2.24, 2.45) is 5.10 Å². The number of rotatable bonds is 13. The lowest BCUT2D eigenvalue weighted by molar-refractivity contribution is -0.139. The van der Waals surface area contributed by atoms with Crippen molar-refractivity contribution in [3.8, 4) is 23.0 Å². The van der Waals surface area contributed by atoms with Crippen LogP contribution in [0, 0.1) is 0 Å². The number of fused-ring (bicyclic) bond motifs is 1. The van der Waals surface area contributed by atoms with Crippen LogP contribution in [0.5, 0.6) is 23.0 Å². The molecule has 0 bridgehead atoms. The predicted molar refractivity (Wildman–Crippen MR) is 184 cm³/mol. The van der Waals surface area contributed by atoms with Gasteiger partial charge in [-0.3, -0.25) is 4.79 Å². The second-order valence-electron chi connectivity index (χ2n) is 10.7. The number of amides is 3. The van der Waals surface area contributed by atoms with Crippen LogP contribution in [0.4, 0.5) is 4.79 Å². The fraction of sp³-hybridized carbons (Fsp3) is 0.222. The molecule has 0 spiro atoms. The number of carbonyl (C=O) groups excluding carboxylic acids is 3. The molecule has 5 rings (SSSR count). The number of hydrogen-bond acceptors (Lipinski definition) is 9. The number of carbonyl (C=O) groups is 3. The molecule has 0 aliphatic carbocycles. The molecule has 3 amide bonds. The Bertz CT molecular complexity index is 1940. The van der Waals surface area contributed by atoms with E-state index in [1.54, 1.807) is 44.2 Å². The number of urea groups is 1. The zero-order valence-corrected chi connectivity index (χ0v) is 28.1. The number of halogens is 1. The van der Waals surface area contributed by atoms with Gasteiger partial charge in [0, 0.05) is 5.70 Å². The summed E-state index contributed by atoms with van der Waals surface area (Å²) in [6.45, 7) is 3.40. The molecule has 0 fully saturated rings. The first-order valence-corrected chi connectivity index (χ1v) is 15.6. The van der Waals surface area contributed by atoms with E-state index in [1.807, 2.05) is 42.5 Å². The van der Waals surface area contributed by atoms with Gasteiger partial charge in [-0.05, 0) is 65.6 Å². The summed E-state index contributed by atoms with van der Waals surface area (Å²) in [5.74, 6) is 0.243. The minimum atomic E-state index is -0.787. The monoisotopic (exact) mass is 686 g/mol. The largest absolute Gasteiger partial charge is 0.493 e. The lowest BCUT2D eigenvalue weighted by atomic mass is 9.95. The second kappa shape index (κ2) is 15.9. The lowest BCUT2D eigenvalue weighted by Gasteiger charge is -2.28. The Hall–Kier alpha value is -5.75. The Balaban J connectivity index is 1.20. The van der Waals surface area contributed by atoms with Gasteiger partial charge in [-0.25, -0.2) is 15.0 Å². The van der Waals surface area contributed by atoms with Gasteiger partial charge in [-0.1, -0.05) is 60.1 Å². The molecule has 1 atom stereocenters. The summed E-state index contributed by atoms with van der Waals surface area (Å²) in [5.41, 5.74) is 5.18. The number of hydrazone groups is 1. The lowest BCUT2D eigenvalue weighted by Crippen LogP contribution is -2.45. The van der Waals surface area contributed by atoms with Crippen molar-refractivity contribution >= 4 is 46.5 Å². The quantitative estimate of drug-likeness (QED) is 0.0908. The Labute approximate surface area is 288 Å². The van der Waals surface area contributed by atoms with E-state index in [4.69, 9.17) is 35.3 Å². The average Bonchev–Trinajstić information content (AvgIpc) is 3.09. The zero-order chi connectivity index (χ0) is 34.9. The van der Waals surface area contributed by atoms with Gasteiger partial charge in [0.25, 0.3) is 5.91 Å². The number of allylic oxidation sites excluding steroid dienone is 1. The molecule has 1 aliphatic rings. The van der Waals surface area contributed by atoms with Crippen LogP contribution in [0.1, 0.15) is 36.6 Å². The third kappa shape index (κ3) is 8.22. The SMILES string of the molecule is CCOC(=O)C1=C(C)NC(=O)N[C@H]1c1ccc(OCC(=O)N/N=C\c2cc(Cl)c(OCc3cccc4ccccc34)c(OC)c2)c(OC)c1. The predicted octanol–water partition coefficient (Wildman–Crippen LogP) is 5.81. The third-order valence-electron chi connectivity index (χ3n) is 7.55. The van der Waals surface area contributed by atoms with Crippen molar-refractivity contribution in [1.29, 1.82) is 0 Å². The van der Waals surface area contributed by atoms with Gasteiger partial charge in [0.1, 0.15) is 6.61 Å². The highest BCUT2D eigenvalue weighted by atomic mass is 35.5. The minimum Gasteiger partial charge on any atom is -0.493 e. The van der Waals surface area contributed by atoms with E-state index in [-0.39, 0.29) is 36.9 Å². The molecule has 0 saturated heterocycles. The number of ether oxygens (including phenoxy) is 5. The van der Waals surface area contributed by atoms with Crippen LogP contribution in [0.3, 0.4) is 0 Å². The van der Waals surface area contributed by atoms with Crippen molar-refractivity contribution in [2.45, 2.75) is 26.5 Å². The Kier molecular flexibility index (Phi) is 11.2. The van der Waals surface area contributed by atoms with Crippen LogP contribution in [-0.4, -0.2) is 51.6 Å². The van der Waals surface area contributed by atoms with Gasteiger partial charge in [0.05, 0.1) is 43.7 Å². The Morgan fingerprint density at radius 3 is 2.51 bits per heavy atom. The van der Waals surface area contributed by atoms with Crippen LogP contribution >= 0.6 is 11.6 Å². The summed E-state index contributed by atoms with van der Waals surface area (Å²) >= 11 is 6.56. The first-order valence-electron chi connectivity index (χ1n) is 15.3. The van der Waals surface area contributed by atoms with E-state index in [0.29, 0.717) is 33.3 Å². The van der Waals surface area contributed by atoms with Crippen LogP contribution < -0.4 is 35.0 Å². The normalized spacial score (nSPS) is 14.2. The smallest absolute Gasteiger partial charge is 0.338 e. The molecule has 12 nitrogen and oxygen atoms in total. The molecule has 0 aromatic heterocycles. The molecule has 0 radical (unpaired) electrons. The second-order valence-corrected chi connectivity index (χ2v) is 11.2. The Morgan fingerprint density at radius 2 is 1.73 bits per heavy atom. The molecular formula is C36H35ClN4O8. The van der Waals surface area contributed by atoms with Crippen LogP contribution in [0.15, 0.2) is 89.2 Å². The van der Waals surface area contributed by atoms with Gasteiger partial charge in [-0.2, -0.15) is 5.10 Å². The Morgan fingerprint density at radius 1 is 0.959 bits per heavy atom. The number of esters is 1. The van der Waals surface area contributed by atoms with Gasteiger partial charge < -0.3 is 34.3 Å². The van der Waals surface area contributed by atoms with E-state index >= 15 is 0 Å². The molecule has 254 valence electrons. The highest BCUT2D eigenvalue weighted by Gasteiger charge is 2.32. The minimum absolute atomic E-state index is 0.175. The summed E-state index contributed by atoms with van der Waals surface area (Å²) in [5, 5.41) is 11.9. The van der Waals surface area contributed by atoms with Crippen molar-refractivity contribution in [3.05, 3.63) is 106 Å². The molecule has 0 saturated carbocycles. The van der Waals surface area contributed by atoms with Gasteiger partial charge in [0.2, 0.25) is 0 Å². The van der Waals surface area contributed by atoms with E-state index in [1.165, 1.54) is 20.4 Å². The van der Waals surface area contributed by atoms with Crippen LogP contribution in [-0.2, 0) is 20.9 Å². The standard InChI is InChI=1S/C36H35ClN4O8/c1-5-47-35(43)32-21(2)39-36(44)40-33(32)24-13-14-28(29(17-24)45-3)48-20-31(42)41-38-18-22-15-27(37)34(30(16-22)46-4)49-19-25-11-8-10-23-9-6-7-12-26(23)25/h6-18,33H,5,19-20H2,1-4H3,(H,41,42)(H2,39,40,44)/b38-18-/t33-/m0/s1. The molecule has 3 N–H and O–H groups in total. The number of benzene rings is 4. The fourth-order valence-electron chi connectivity index (χ4n) is 5.28. The summed E-state index contributed by atoms with van der Waals surface area (Å²) < 4.78 is 27.9. The number of methoxy groups -OCH3 is 2. The van der Waals surface area contributed by atoms with Crippen LogP contribution in [0.25, 0.3) is 10.8 Å². The summed E-state index contributed by atoms with van der Waals surface area (Å²) in [4.78, 5) is 37.4.